The van der Waals surface area contributed by atoms with Gasteiger partial charge in [-0.25, -0.2) is 13.9 Å². The summed E-state index contributed by atoms with van der Waals surface area (Å²) in [7, 11) is 0. The number of rotatable bonds is 7. The van der Waals surface area contributed by atoms with E-state index in [1.54, 1.807) is 18.2 Å². The fourth-order valence-corrected chi connectivity index (χ4v) is 2.92. The number of anilines is 1. The van der Waals surface area contributed by atoms with Gasteiger partial charge in [0.25, 0.3) is 0 Å². The van der Waals surface area contributed by atoms with Gasteiger partial charge in [0.05, 0.1) is 0 Å². The Morgan fingerprint density at radius 3 is 2.65 bits per heavy atom. The second-order valence-corrected chi connectivity index (χ2v) is 6.53. The van der Waals surface area contributed by atoms with E-state index in [4.69, 9.17) is 4.42 Å². The normalized spacial score (nSPS) is 11.8. The molecule has 4 aromatic rings. The van der Waals surface area contributed by atoms with Crippen molar-refractivity contribution in [3.63, 3.8) is 0 Å². The molecule has 0 fully saturated rings. The Bertz CT molecular complexity index is 1190. The summed E-state index contributed by atoms with van der Waals surface area (Å²) in [6.07, 6.45) is -4.53. The van der Waals surface area contributed by atoms with Gasteiger partial charge in [0, 0.05) is 28.7 Å². The Morgan fingerprint density at radius 1 is 1.10 bits per heavy atom. The van der Waals surface area contributed by atoms with Crippen LogP contribution >= 0.6 is 0 Å². The number of aromatic amines is 1. The number of aromatic nitrogens is 4. The van der Waals surface area contributed by atoms with Crippen LogP contribution in [0.15, 0.2) is 40.8 Å². The van der Waals surface area contributed by atoms with E-state index in [9.17, 15) is 22.0 Å². The molecule has 0 saturated carbocycles. The molecule has 4 rings (SSSR count). The first-order valence-corrected chi connectivity index (χ1v) is 8.91. The van der Waals surface area contributed by atoms with Gasteiger partial charge in [-0.3, -0.25) is 0 Å². The minimum atomic E-state index is -4.53. The molecule has 7 nitrogen and oxygen atoms in total. The van der Waals surface area contributed by atoms with Crippen LogP contribution in [0.3, 0.4) is 0 Å². The van der Waals surface area contributed by atoms with Crippen molar-refractivity contribution < 1.29 is 31.1 Å². The number of fused-ring (bicyclic) bond motifs is 1. The molecule has 0 spiro atoms. The van der Waals surface area contributed by atoms with Crippen LogP contribution in [0, 0.1) is 5.82 Å². The first-order valence-electron chi connectivity index (χ1n) is 8.91. The second-order valence-electron chi connectivity index (χ2n) is 6.53. The number of halogens is 5. The van der Waals surface area contributed by atoms with E-state index >= 15 is 0 Å². The van der Waals surface area contributed by atoms with Crippen molar-refractivity contribution in [3.8, 4) is 17.3 Å². The molecule has 2 aromatic carbocycles. The number of nitrogens with one attached hydrogen (secondary N) is 2. The molecule has 2 N–H and O–H groups in total. The number of nitrogens with zero attached hydrogens (tertiary/aromatic N) is 3. The highest BCUT2D eigenvalue weighted by Crippen LogP contribution is 2.30. The lowest BCUT2D eigenvalue weighted by atomic mass is 10.1. The van der Waals surface area contributed by atoms with Crippen LogP contribution < -0.4 is 10.1 Å². The van der Waals surface area contributed by atoms with Crippen LogP contribution in [0.5, 0.6) is 5.75 Å². The second kappa shape index (κ2) is 8.20. The topological polar surface area (TPSA) is 88.9 Å². The predicted molar refractivity (Wildman–Crippen MR) is 99.5 cm³/mol. The quantitative estimate of drug-likeness (QED) is 0.403. The summed E-state index contributed by atoms with van der Waals surface area (Å²) < 4.78 is 75.2. The van der Waals surface area contributed by atoms with Crippen LogP contribution in [0.4, 0.5) is 27.6 Å². The van der Waals surface area contributed by atoms with Gasteiger partial charge in [-0.15, -0.1) is 5.10 Å². The number of ether oxygens (including phenoxy) is 1. The fourth-order valence-electron chi connectivity index (χ4n) is 2.92. The molecule has 31 heavy (non-hydrogen) atoms. The molecular formula is C19H14F5N5O2. The number of hydrogen-bond donors (Lipinski definition) is 2. The molecule has 0 bridgehead atoms. The fraction of sp³-hybridized carbons (Fsp3) is 0.211. The summed E-state index contributed by atoms with van der Waals surface area (Å²) in [6.45, 7) is -2.52. The van der Waals surface area contributed by atoms with Gasteiger partial charge in [0.15, 0.2) is 23.8 Å². The molecule has 0 saturated heterocycles. The number of tetrazole rings is 1. The molecule has 2 aromatic heterocycles. The predicted octanol–water partition coefficient (Wildman–Crippen LogP) is 4.77. The number of benzene rings is 2. The van der Waals surface area contributed by atoms with E-state index < -0.39 is 25.3 Å². The molecule has 0 radical (unpaired) electrons. The number of furan rings is 1. The molecule has 0 unspecified atom stereocenters. The molecule has 2 heterocycles. The average Bonchev–Trinajstić information content (AvgIpc) is 3.41. The van der Waals surface area contributed by atoms with Gasteiger partial charge < -0.3 is 14.5 Å². The lowest BCUT2D eigenvalue weighted by molar-refractivity contribution is -0.153. The zero-order valence-electron chi connectivity index (χ0n) is 15.6. The lowest BCUT2D eigenvalue weighted by Crippen LogP contribution is -2.19. The Kier molecular flexibility index (Phi) is 5.44. The van der Waals surface area contributed by atoms with Crippen LogP contribution in [0.2, 0.25) is 0 Å². The monoisotopic (exact) mass is 439 g/mol. The van der Waals surface area contributed by atoms with Crippen LogP contribution in [0.25, 0.3) is 22.6 Å². The summed E-state index contributed by atoms with van der Waals surface area (Å²) in [5.74, 6) is -0.282. The van der Waals surface area contributed by atoms with Crippen LogP contribution in [0.1, 0.15) is 11.1 Å². The van der Waals surface area contributed by atoms with Gasteiger partial charge >= 0.3 is 6.18 Å². The number of hydrogen-bond acceptors (Lipinski definition) is 6. The highest BCUT2D eigenvalue weighted by molar-refractivity contribution is 5.83. The Hall–Kier alpha value is -3.70. The van der Waals surface area contributed by atoms with Crippen LogP contribution in [-0.4, -0.2) is 33.4 Å². The zero-order valence-corrected chi connectivity index (χ0v) is 15.6. The summed E-state index contributed by atoms with van der Waals surface area (Å²) in [4.78, 5) is 0. The maximum absolute atomic E-state index is 14.9. The highest BCUT2D eigenvalue weighted by Gasteiger charge is 2.28. The molecule has 0 aliphatic carbocycles. The van der Waals surface area contributed by atoms with Crippen LogP contribution in [-0.2, 0) is 13.2 Å². The van der Waals surface area contributed by atoms with Gasteiger partial charge in [0.2, 0.25) is 5.82 Å². The average molecular weight is 439 g/mol. The summed E-state index contributed by atoms with van der Waals surface area (Å²) in [5.41, 5.74) is 0.621. The summed E-state index contributed by atoms with van der Waals surface area (Å²) in [6, 6.07) is 8.76. The van der Waals surface area contributed by atoms with E-state index in [2.05, 4.69) is 30.7 Å². The van der Waals surface area contributed by atoms with Gasteiger partial charge in [-0.05, 0) is 34.7 Å². The van der Waals surface area contributed by atoms with Crippen molar-refractivity contribution in [2.45, 2.75) is 19.4 Å². The zero-order chi connectivity index (χ0) is 22.0. The van der Waals surface area contributed by atoms with Crippen molar-refractivity contribution in [1.29, 1.82) is 0 Å². The SMILES string of the molecule is FCc1cc(NCc2ccc3cc(-c4nnn[nH]4)oc3c2F)ccc1OCC(F)(F)F. The van der Waals surface area contributed by atoms with Crippen molar-refractivity contribution >= 4 is 16.7 Å². The van der Waals surface area contributed by atoms with E-state index in [1.165, 1.54) is 18.2 Å². The molecule has 162 valence electrons. The standard InChI is InChI=1S/C19H14F5N5O2/c20-7-12-5-13(3-4-14(12)30-9-19(22,23)24)25-8-11-2-1-10-6-15(18-26-28-29-27-18)31-17(10)16(11)21/h1-6,25H,7-9H2,(H,26,27,28,29). The Labute approximate surface area is 171 Å². The third-order valence-electron chi connectivity index (χ3n) is 4.36. The van der Waals surface area contributed by atoms with E-state index in [0.29, 0.717) is 11.1 Å². The van der Waals surface area contributed by atoms with Gasteiger partial charge in [0.1, 0.15) is 12.4 Å². The van der Waals surface area contributed by atoms with Crippen molar-refractivity contribution in [2.24, 2.45) is 0 Å². The lowest BCUT2D eigenvalue weighted by Gasteiger charge is -2.14. The minimum absolute atomic E-state index is 0.0195. The van der Waals surface area contributed by atoms with Crippen molar-refractivity contribution in [3.05, 3.63) is 53.3 Å². The maximum Gasteiger partial charge on any atom is 0.422 e. The van der Waals surface area contributed by atoms with Gasteiger partial charge in [-0.1, -0.05) is 12.1 Å². The minimum Gasteiger partial charge on any atom is -0.484 e. The van der Waals surface area contributed by atoms with Crippen molar-refractivity contribution in [2.75, 3.05) is 11.9 Å². The smallest absolute Gasteiger partial charge is 0.422 e. The number of alkyl halides is 4. The van der Waals surface area contributed by atoms with Crippen molar-refractivity contribution in [1.82, 2.24) is 20.6 Å². The summed E-state index contributed by atoms with van der Waals surface area (Å²) >= 11 is 0. The molecule has 0 atom stereocenters. The van der Waals surface area contributed by atoms with E-state index in [0.717, 1.165) is 0 Å². The third kappa shape index (κ3) is 4.57. The third-order valence-corrected chi connectivity index (χ3v) is 4.36. The number of H-pyrrole nitrogens is 1. The molecular weight excluding hydrogens is 425 g/mol. The van der Waals surface area contributed by atoms with Gasteiger partial charge in [-0.2, -0.15) is 13.2 Å². The van der Waals surface area contributed by atoms with E-state index in [-0.39, 0.29) is 40.6 Å². The molecule has 12 heteroatoms. The largest absolute Gasteiger partial charge is 0.484 e. The first kappa shape index (κ1) is 20.6. The molecule has 0 aliphatic heterocycles. The Morgan fingerprint density at radius 2 is 1.94 bits per heavy atom. The first-order chi connectivity index (χ1) is 14.8. The summed E-state index contributed by atoms with van der Waals surface area (Å²) in [5, 5.41) is 16.5. The highest BCUT2D eigenvalue weighted by atomic mass is 19.4. The Balaban J connectivity index is 1.50. The maximum atomic E-state index is 14.9. The molecule has 0 aliphatic rings. The van der Waals surface area contributed by atoms with E-state index in [1.807, 2.05) is 0 Å². The molecule has 0 amide bonds.